The fourth-order valence-electron chi connectivity index (χ4n) is 2.78. The Labute approximate surface area is 134 Å². The third-order valence-electron chi connectivity index (χ3n) is 4.02. The summed E-state index contributed by atoms with van der Waals surface area (Å²) in [7, 11) is 0. The molecule has 0 bridgehead atoms. The molecule has 2 aromatic heterocycles. The fraction of sp³-hybridized carbons (Fsp3) is 0.211. The van der Waals surface area contributed by atoms with Crippen LogP contribution in [0.4, 0.5) is 0 Å². The molecule has 4 heteroatoms. The molecule has 0 unspecified atom stereocenters. The van der Waals surface area contributed by atoms with Gasteiger partial charge in [0.1, 0.15) is 11.5 Å². The van der Waals surface area contributed by atoms with Crippen LogP contribution < -0.4 is 0 Å². The Balaban J connectivity index is 2.04. The van der Waals surface area contributed by atoms with Crippen LogP contribution in [0.2, 0.25) is 0 Å². The minimum Gasteiger partial charge on any atom is -0.262 e. The fourth-order valence-corrected chi connectivity index (χ4v) is 2.78. The number of nitrogens with zero attached hydrogens (tertiary/aromatic N) is 3. The van der Waals surface area contributed by atoms with E-state index >= 15 is 0 Å². The Morgan fingerprint density at radius 2 is 1.43 bits per heavy atom. The second-order valence-electron chi connectivity index (χ2n) is 6.78. The van der Waals surface area contributed by atoms with E-state index in [1.807, 2.05) is 24.3 Å². The van der Waals surface area contributed by atoms with Crippen LogP contribution in [-0.2, 0) is 5.41 Å². The van der Waals surface area contributed by atoms with Crippen LogP contribution in [0.1, 0.15) is 26.6 Å². The summed E-state index contributed by atoms with van der Waals surface area (Å²) in [6.07, 6.45) is 0. The number of hydrogen-bond acceptors (Lipinski definition) is 3. The highest BCUT2D eigenvalue weighted by Gasteiger charge is 2.21. The molecular formula is C19H18N4. The predicted molar refractivity (Wildman–Crippen MR) is 93.3 cm³/mol. The average molecular weight is 302 g/mol. The summed E-state index contributed by atoms with van der Waals surface area (Å²) in [6, 6.07) is 16.5. The van der Waals surface area contributed by atoms with Crippen molar-refractivity contribution in [1.29, 1.82) is 0 Å². The number of rotatable bonds is 1. The Bertz CT molecular complexity index is 1010. The zero-order chi connectivity index (χ0) is 16.0. The summed E-state index contributed by atoms with van der Waals surface area (Å²) < 4.78 is 0. The zero-order valence-corrected chi connectivity index (χ0v) is 13.5. The summed E-state index contributed by atoms with van der Waals surface area (Å²) in [5, 5.41) is 10.9. The Kier molecular flexibility index (Phi) is 2.94. The van der Waals surface area contributed by atoms with Crippen LogP contribution >= 0.6 is 0 Å². The Morgan fingerprint density at radius 1 is 0.783 bits per heavy atom. The lowest BCUT2D eigenvalue weighted by atomic mass is 9.96. The van der Waals surface area contributed by atoms with Crippen molar-refractivity contribution in [3.8, 4) is 11.5 Å². The first-order chi connectivity index (χ1) is 11.0. The molecule has 0 saturated carbocycles. The van der Waals surface area contributed by atoms with Crippen LogP contribution in [0.15, 0.2) is 48.5 Å². The summed E-state index contributed by atoms with van der Waals surface area (Å²) in [5.74, 6) is 1.52. The number of nitrogens with one attached hydrogen (secondary N) is 1. The molecule has 2 heterocycles. The van der Waals surface area contributed by atoms with Gasteiger partial charge in [0.2, 0.25) is 0 Å². The normalized spacial score (nSPS) is 12.1. The van der Waals surface area contributed by atoms with Gasteiger partial charge in [-0.15, -0.1) is 0 Å². The van der Waals surface area contributed by atoms with Crippen molar-refractivity contribution in [2.45, 2.75) is 26.2 Å². The molecule has 0 amide bonds. The van der Waals surface area contributed by atoms with E-state index in [9.17, 15) is 0 Å². The maximum Gasteiger partial charge on any atom is 0.200 e. The van der Waals surface area contributed by atoms with Gasteiger partial charge in [0.05, 0.1) is 5.52 Å². The van der Waals surface area contributed by atoms with Crippen molar-refractivity contribution in [3.05, 3.63) is 54.4 Å². The number of pyridine rings is 1. The summed E-state index contributed by atoms with van der Waals surface area (Å²) in [4.78, 5) is 9.50. The first kappa shape index (κ1) is 13.9. The van der Waals surface area contributed by atoms with Gasteiger partial charge in [-0.3, -0.25) is 5.10 Å². The number of H-pyrrole nitrogens is 1. The molecule has 1 N–H and O–H groups in total. The third kappa shape index (κ3) is 2.27. The van der Waals surface area contributed by atoms with Gasteiger partial charge in [-0.1, -0.05) is 63.2 Å². The standard InChI is InChI=1S/C19H18N4/c1-19(2,3)18-21-17(22-23-18)16-14-10-5-4-8-12(14)13-9-6-7-11-15(13)20-16/h4-11H,1-3H3,(H,21,22,23). The van der Waals surface area contributed by atoms with Gasteiger partial charge < -0.3 is 0 Å². The van der Waals surface area contributed by atoms with Gasteiger partial charge in [-0.25, -0.2) is 9.97 Å². The number of fused-ring (bicyclic) bond motifs is 3. The summed E-state index contributed by atoms with van der Waals surface area (Å²) in [5.41, 5.74) is 1.71. The number of hydrogen-bond donors (Lipinski definition) is 1. The van der Waals surface area contributed by atoms with Gasteiger partial charge in [0, 0.05) is 16.2 Å². The summed E-state index contributed by atoms with van der Waals surface area (Å²) in [6.45, 7) is 6.34. The molecule has 4 rings (SSSR count). The molecule has 0 aliphatic heterocycles. The molecule has 2 aromatic carbocycles. The van der Waals surface area contributed by atoms with Crippen molar-refractivity contribution in [3.63, 3.8) is 0 Å². The van der Waals surface area contributed by atoms with Gasteiger partial charge in [0.25, 0.3) is 0 Å². The molecule has 0 spiro atoms. The minimum atomic E-state index is -0.0715. The second-order valence-corrected chi connectivity index (χ2v) is 6.78. The van der Waals surface area contributed by atoms with E-state index in [2.05, 4.69) is 60.2 Å². The average Bonchev–Trinajstić information content (AvgIpc) is 3.04. The predicted octanol–water partition coefficient (Wildman–Crippen LogP) is 4.47. The SMILES string of the molecule is CC(C)(C)c1nc(-c2nc3ccccc3c3ccccc23)n[nH]1. The molecular weight excluding hydrogens is 284 g/mol. The molecule has 0 radical (unpaired) electrons. The Hall–Kier alpha value is -2.75. The van der Waals surface area contributed by atoms with E-state index in [-0.39, 0.29) is 5.41 Å². The highest BCUT2D eigenvalue weighted by Crippen LogP contribution is 2.31. The van der Waals surface area contributed by atoms with Crippen LogP contribution in [0.25, 0.3) is 33.2 Å². The summed E-state index contributed by atoms with van der Waals surface area (Å²) >= 11 is 0. The molecule has 4 nitrogen and oxygen atoms in total. The second kappa shape index (κ2) is 4.88. The van der Waals surface area contributed by atoms with E-state index < -0.39 is 0 Å². The van der Waals surface area contributed by atoms with Gasteiger partial charge in [-0.2, -0.15) is 5.10 Å². The maximum absolute atomic E-state index is 4.82. The number of aromatic nitrogens is 4. The van der Waals surface area contributed by atoms with E-state index in [4.69, 9.17) is 4.98 Å². The number of aromatic amines is 1. The lowest BCUT2D eigenvalue weighted by Gasteiger charge is -2.13. The largest absolute Gasteiger partial charge is 0.262 e. The van der Waals surface area contributed by atoms with Gasteiger partial charge >= 0.3 is 0 Å². The molecule has 23 heavy (non-hydrogen) atoms. The molecule has 0 fully saturated rings. The van der Waals surface area contributed by atoms with Crippen LogP contribution in [0.5, 0.6) is 0 Å². The topological polar surface area (TPSA) is 54.5 Å². The maximum atomic E-state index is 4.82. The Morgan fingerprint density at radius 3 is 2.13 bits per heavy atom. The molecule has 0 aliphatic carbocycles. The number of para-hydroxylation sites is 1. The van der Waals surface area contributed by atoms with Gasteiger partial charge in [-0.05, 0) is 11.5 Å². The van der Waals surface area contributed by atoms with E-state index in [1.165, 1.54) is 5.39 Å². The first-order valence-corrected chi connectivity index (χ1v) is 7.75. The van der Waals surface area contributed by atoms with E-state index in [0.29, 0.717) is 5.82 Å². The molecule has 0 saturated heterocycles. The van der Waals surface area contributed by atoms with E-state index in [0.717, 1.165) is 27.8 Å². The lowest BCUT2D eigenvalue weighted by Crippen LogP contribution is -2.13. The number of benzene rings is 2. The van der Waals surface area contributed by atoms with Crippen molar-refractivity contribution in [1.82, 2.24) is 20.2 Å². The molecule has 114 valence electrons. The van der Waals surface area contributed by atoms with Crippen molar-refractivity contribution < 1.29 is 0 Å². The third-order valence-corrected chi connectivity index (χ3v) is 4.02. The monoisotopic (exact) mass is 302 g/mol. The molecule has 0 aliphatic rings. The highest BCUT2D eigenvalue weighted by molar-refractivity contribution is 6.10. The van der Waals surface area contributed by atoms with Gasteiger partial charge in [0.15, 0.2) is 5.82 Å². The van der Waals surface area contributed by atoms with Crippen molar-refractivity contribution in [2.75, 3.05) is 0 Å². The van der Waals surface area contributed by atoms with E-state index in [1.54, 1.807) is 0 Å². The quantitative estimate of drug-likeness (QED) is 0.528. The van der Waals surface area contributed by atoms with Crippen LogP contribution in [0, 0.1) is 0 Å². The first-order valence-electron chi connectivity index (χ1n) is 7.75. The van der Waals surface area contributed by atoms with Crippen molar-refractivity contribution in [2.24, 2.45) is 0 Å². The zero-order valence-electron chi connectivity index (χ0n) is 13.5. The van der Waals surface area contributed by atoms with Crippen molar-refractivity contribution >= 4 is 21.7 Å². The highest BCUT2D eigenvalue weighted by atomic mass is 15.2. The molecule has 0 atom stereocenters. The minimum absolute atomic E-state index is 0.0715. The lowest BCUT2D eigenvalue weighted by molar-refractivity contribution is 0.548. The molecule has 4 aromatic rings. The smallest absolute Gasteiger partial charge is 0.200 e. The van der Waals surface area contributed by atoms with Crippen LogP contribution in [-0.4, -0.2) is 20.2 Å². The van der Waals surface area contributed by atoms with Crippen LogP contribution in [0.3, 0.4) is 0 Å².